The average Bonchev–Trinajstić information content (AvgIpc) is 2.41. The number of phenolic OH excluding ortho intramolecular Hbond substituents is 1. The van der Waals surface area contributed by atoms with Crippen LogP contribution in [0.15, 0.2) is 22.7 Å². The van der Waals surface area contributed by atoms with Gasteiger partial charge >= 0.3 is 0 Å². The standard InChI is InChI=1S/C14H21BrN2O2/c1-11(10-17-4-6-19-7-5-17)16-9-12-2-3-14(18)13(15)8-12/h2-3,8,11,16,18H,4-7,9-10H2,1H3. The lowest BCUT2D eigenvalue weighted by molar-refractivity contribution is 0.0343. The summed E-state index contributed by atoms with van der Waals surface area (Å²) in [6.45, 7) is 7.79. The molecule has 1 unspecified atom stereocenters. The highest BCUT2D eigenvalue weighted by molar-refractivity contribution is 9.10. The van der Waals surface area contributed by atoms with E-state index in [-0.39, 0.29) is 5.75 Å². The first-order valence-electron chi connectivity index (χ1n) is 6.66. The summed E-state index contributed by atoms with van der Waals surface area (Å²) in [5, 5.41) is 13.0. The van der Waals surface area contributed by atoms with E-state index >= 15 is 0 Å². The van der Waals surface area contributed by atoms with Gasteiger partial charge in [-0.1, -0.05) is 6.07 Å². The van der Waals surface area contributed by atoms with Gasteiger partial charge in [0.15, 0.2) is 0 Å². The van der Waals surface area contributed by atoms with Crippen molar-refractivity contribution in [2.75, 3.05) is 32.8 Å². The smallest absolute Gasteiger partial charge is 0.129 e. The van der Waals surface area contributed by atoms with Crippen LogP contribution >= 0.6 is 15.9 Å². The van der Waals surface area contributed by atoms with Gasteiger partial charge in [-0.25, -0.2) is 0 Å². The molecule has 1 heterocycles. The molecule has 0 amide bonds. The van der Waals surface area contributed by atoms with Gasteiger partial charge in [0.05, 0.1) is 17.7 Å². The lowest BCUT2D eigenvalue weighted by Gasteiger charge is -2.29. The summed E-state index contributed by atoms with van der Waals surface area (Å²) in [5.74, 6) is 0.283. The molecule has 2 rings (SSSR count). The van der Waals surface area contributed by atoms with Gasteiger partial charge in [-0.3, -0.25) is 4.90 Å². The van der Waals surface area contributed by atoms with Crippen molar-refractivity contribution in [2.24, 2.45) is 0 Å². The van der Waals surface area contributed by atoms with E-state index in [0.29, 0.717) is 6.04 Å². The van der Waals surface area contributed by atoms with Crippen molar-refractivity contribution in [3.05, 3.63) is 28.2 Å². The van der Waals surface area contributed by atoms with Crippen molar-refractivity contribution < 1.29 is 9.84 Å². The SMILES string of the molecule is CC(CN1CCOCC1)NCc1ccc(O)c(Br)c1. The molecule has 0 radical (unpaired) electrons. The monoisotopic (exact) mass is 328 g/mol. The summed E-state index contributed by atoms with van der Waals surface area (Å²) in [4.78, 5) is 2.42. The van der Waals surface area contributed by atoms with Gasteiger partial charge in [0.2, 0.25) is 0 Å². The Hall–Kier alpha value is -0.620. The van der Waals surface area contributed by atoms with E-state index in [0.717, 1.165) is 43.9 Å². The molecule has 0 bridgehead atoms. The molecule has 5 heteroatoms. The summed E-state index contributed by atoms with van der Waals surface area (Å²) in [6.07, 6.45) is 0. The molecule has 1 aliphatic heterocycles. The molecule has 1 saturated heterocycles. The van der Waals surface area contributed by atoms with Gasteiger partial charge in [0.1, 0.15) is 5.75 Å². The number of benzene rings is 1. The minimum Gasteiger partial charge on any atom is -0.507 e. The molecule has 106 valence electrons. The van der Waals surface area contributed by atoms with E-state index in [2.05, 4.69) is 33.1 Å². The lowest BCUT2D eigenvalue weighted by Crippen LogP contribution is -2.44. The second-order valence-corrected chi connectivity index (χ2v) is 5.84. The fraction of sp³-hybridized carbons (Fsp3) is 0.571. The Morgan fingerprint density at radius 3 is 2.84 bits per heavy atom. The van der Waals surface area contributed by atoms with Crippen molar-refractivity contribution in [1.82, 2.24) is 10.2 Å². The van der Waals surface area contributed by atoms with E-state index in [1.807, 2.05) is 12.1 Å². The Labute approximate surface area is 122 Å². The van der Waals surface area contributed by atoms with E-state index in [1.165, 1.54) is 5.56 Å². The highest BCUT2D eigenvalue weighted by Gasteiger charge is 2.13. The van der Waals surface area contributed by atoms with Crippen LogP contribution in [0.25, 0.3) is 0 Å². The van der Waals surface area contributed by atoms with E-state index in [4.69, 9.17) is 4.74 Å². The first-order chi connectivity index (χ1) is 9.15. The zero-order valence-electron chi connectivity index (χ0n) is 11.2. The van der Waals surface area contributed by atoms with Crippen molar-refractivity contribution in [1.29, 1.82) is 0 Å². The maximum absolute atomic E-state index is 9.45. The zero-order valence-corrected chi connectivity index (χ0v) is 12.8. The maximum atomic E-state index is 9.45. The van der Waals surface area contributed by atoms with E-state index in [9.17, 15) is 5.11 Å². The minimum atomic E-state index is 0.283. The Bertz CT molecular complexity index is 408. The first kappa shape index (κ1) is 14.8. The Kier molecular flexibility index (Phi) is 5.63. The number of nitrogens with zero attached hydrogens (tertiary/aromatic N) is 1. The van der Waals surface area contributed by atoms with E-state index in [1.54, 1.807) is 6.07 Å². The molecule has 1 aromatic carbocycles. The third-order valence-corrected chi connectivity index (χ3v) is 3.94. The topological polar surface area (TPSA) is 44.7 Å². The van der Waals surface area contributed by atoms with Crippen LogP contribution in [0, 0.1) is 0 Å². The van der Waals surface area contributed by atoms with Crippen LogP contribution in [0.3, 0.4) is 0 Å². The van der Waals surface area contributed by atoms with Crippen LogP contribution < -0.4 is 5.32 Å². The predicted molar refractivity (Wildman–Crippen MR) is 79.4 cm³/mol. The summed E-state index contributed by atoms with van der Waals surface area (Å²) in [7, 11) is 0. The number of halogens is 1. The number of nitrogens with one attached hydrogen (secondary N) is 1. The third-order valence-electron chi connectivity index (χ3n) is 3.30. The van der Waals surface area contributed by atoms with Crippen molar-refractivity contribution >= 4 is 15.9 Å². The molecule has 1 aromatic rings. The zero-order chi connectivity index (χ0) is 13.7. The number of aromatic hydroxyl groups is 1. The Morgan fingerprint density at radius 1 is 1.42 bits per heavy atom. The summed E-state index contributed by atoms with van der Waals surface area (Å²) >= 11 is 3.33. The largest absolute Gasteiger partial charge is 0.507 e. The number of phenols is 1. The van der Waals surface area contributed by atoms with Gasteiger partial charge in [-0.2, -0.15) is 0 Å². The molecule has 4 nitrogen and oxygen atoms in total. The highest BCUT2D eigenvalue weighted by atomic mass is 79.9. The third kappa shape index (κ3) is 4.76. The van der Waals surface area contributed by atoms with Crippen LogP contribution in [0.2, 0.25) is 0 Å². The Balaban J connectivity index is 1.75. The van der Waals surface area contributed by atoms with Gasteiger partial charge in [0.25, 0.3) is 0 Å². The minimum absolute atomic E-state index is 0.283. The fourth-order valence-corrected chi connectivity index (χ4v) is 2.61. The fourth-order valence-electron chi connectivity index (χ4n) is 2.19. The molecule has 0 spiro atoms. The number of rotatable bonds is 5. The molecule has 1 fully saturated rings. The molecular formula is C14H21BrN2O2. The summed E-state index contributed by atoms with van der Waals surface area (Å²) in [5.41, 5.74) is 1.17. The van der Waals surface area contributed by atoms with Gasteiger partial charge in [-0.05, 0) is 40.5 Å². The summed E-state index contributed by atoms with van der Waals surface area (Å²) < 4.78 is 6.09. The summed E-state index contributed by atoms with van der Waals surface area (Å²) in [6, 6.07) is 6.04. The van der Waals surface area contributed by atoms with Crippen molar-refractivity contribution in [3.63, 3.8) is 0 Å². The highest BCUT2D eigenvalue weighted by Crippen LogP contribution is 2.24. The molecule has 1 aliphatic rings. The average molecular weight is 329 g/mol. The van der Waals surface area contributed by atoms with E-state index < -0.39 is 0 Å². The van der Waals surface area contributed by atoms with Gasteiger partial charge < -0.3 is 15.2 Å². The molecule has 0 aliphatic carbocycles. The number of morpholine rings is 1. The molecular weight excluding hydrogens is 308 g/mol. The number of ether oxygens (including phenoxy) is 1. The van der Waals surface area contributed by atoms with Crippen LogP contribution in [0.1, 0.15) is 12.5 Å². The molecule has 0 saturated carbocycles. The molecule has 0 aromatic heterocycles. The Morgan fingerprint density at radius 2 is 2.16 bits per heavy atom. The lowest BCUT2D eigenvalue weighted by atomic mass is 10.2. The van der Waals surface area contributed by atoms with Crippen LogP contribution in [-0.4, -0.2) is 48.9 Å². The maximum Gasteiger partial charge on any atom is 0.129 e. The van der Waals surface area contributed by atoms with Crippen molar-refractivity contribution in [3.8, 4) is 5.75 Å². The molecule has 2 N–H and O–H groups in total. The predicted octanol–water partition coefficient (Wildman–Crippen LogP) is 1.96. The first-order valence-corrected chi connectivity index (χ1v) is 7.45. The van der Waals surface area contributed by atoms with Crippen molar-refractivity contribution in [2.45, 2.75) is 19.5 Å². The molecule has 1 atom stereocenters. The van der Waals surface area contributed by atoms with Crippen LogP contribution in [0.4, 0.5) is 0 Å². The quantitative estimate of drug-likeness (QED) is 0.867. The van der Waals surface area contributed by atoms with Gasteiger partial charge in [0, 0.05) is 32.2 Å². The van der Waals surface area contributed by atoms with Gasteiger partial charge in [-0.15, -0.1) is 0 Å². The number of hydrogen-bond acceptors (Lipinski definition) is 4. The second-order valence-electron chi connectivity index (χ2n) is 4.98. The van der Waals surface area contributed by atoms with Crippen LogP contribution in [0.5, 0.6) is 5.75 Å². The second kappa shape index (κ2) is 7.24. The normalized spacial score (nSPS) is 18.4. The molecule has 19 heavy (non-hydrogen) atoms. The number of hydrogen-bond donors (Lipinski definition) is 2. The van der Waals surface area contributed by atoms with Crippen LogP contribution in [-0.2, 0) is 11.3 Å².